The molecule has 0 heterocycles. The van der Waals surface area contributed by atoms with Crippen molar-refractivity contribution >= 4 is 17.5 Å². The molecule has 5 heteroatoms. The van der Waals surface area contributed by atoms with Crippen LogP contribution in [0.3, 0.4) is 0 Å². The molecule has 0 saturated carbocycles. The molecule has 2 rings (SSSR count). The summed E-state index contributed by atoms with van der Waals surface area (Å²) in [5.41, 5.74) is 10.3. The molecule has 4 nitrogen and oxygen atoms in total. The minimum absolute atomic E-state index is 0.0478. The Morgan fingerprint density at radius 1 is 1.16 bits per heavy atom. The fourth-order valence-corrected chi connectivity index (χ4v) is 3.89. The van der Waals surface area contributed by atoms with E-state index in [-0.39, 0.29) is 16.7 Å². The summed E-state index contributed by atoms with van der Waals surface area (Å²) in [5.74, 6) is -1.78. The van der Waals surface area contributed by atoms with Gasteiger partial charge in [-0.15, -0.1) is 0 Å². The first kappa shape index (κ1) is 25.1. The molecule has 0 unspecified atom stereocenters. The molecule has 0 spiro atoms. The third-order valence-electron chi connectivity index (χ3n) is 5.64. The lowest BCUT2D eigenvalue weighted by molar-refractivity contribution is -0.111. The number of hydrogen-bond acceptors (Lipinski definition) is 2. The van der Waals surface area contributed by atoms with Crippen molar-refractivity contribution in [2.45, 2.75) is 53.9 Å². The third-order valence-corrected chi connectivity index (χ3v) is 5.64. The molecular weight excluding hydrogens is 403 g/mol. The van der Waals surface area contributed by atoms with Crippen LogP contribution < -0.4 is 11.1 Å². The molecule has 0 atom stereocenters. The lowest BCUT2D eigenvalue weighted by atomic mass is 9.72. The first-order valence-corrected chi connectivity index (χ1v) is 10.8. The van der Waals surface area contributed by atoms with E-state index >= 15 is 0 Å². The summed E-state index contributed by atoms with van der Waals surface area (Å²) in [6.07, 6.45) is 15.0. The largest absolute Gasteiger partial charge is 0.366 e. The van der Waals surface area contributed by atoms with Crippen molar-refractivity contribution in [3.8, 4) is 0 Å². The van der Waals surface area contributed by atoms with E-state index in [2.05, 4.69) is 38.2 Å². The SMILES string of the molecule is CC(C=CC1=C(C)CCCC1(C)C)=CC=CC(C)=CC(=O)Nc1cc(F)ccc1C(N)=O. The van der Waals surface area contributed by atoms with E-state index in [0.29, 0.717) is 5.57 Å². The number of hydrogen-bond donors (Lipinski definition) is 2. The van der Waals surface area contributed by atoms with Gasteiger partial charge in [0.15, 0.2) is 0 Å². The number of nitrogens with two attached hydrogens (primary N) is 1. The van der Waals surface area contributed by atoms with E-state index in [1.165, 1.54) is 36.1 Å². The first-order valence-electron chi connectivity index (χ1n) is 10.8. The van der Waals surface area contributed by atoms with Crippen LogP contribution in [0.1, 0.15) is 64.2 Å². The molecule has 1 aromatic rings. The molecular formula is C27H33FN2O2. The van der Waals surface area contributed by atoms with E-state index in [1.54, 1.807) is 6.92 Å². The Bertz CT molecular complexity index is 1040. The molecule has 1 aromatic carbocycles. The van der Waals surface area contributed by atoms with Crippen LogP contribution in [0.4, 0.5) is 10.1 Å². The van der Waals surface area contributed by atoms with Crippen molar-refractivity contribution in [1.29, 1.82) is 0 Å². The summed E-state index contributed by atoms with van der Waals surface area (Å²) in [6.45, 7) is 10.6. The number of nitrogens with one attached hydrogen (secondary N) is 1. The van der Waals surface area contributed by atoms with Gasteiger partial charge in [-0.3, -0.25) is 9.59 Å². The van der Waals surface area contributed by atoms with Crippen LogP contribution >= 0.6 is 0 Å². The summed E-state index contributed by atoms with van der Waals surface area (Å²) in [4.78, 5) is 23.7. The Kier molecular flexibility index (Phi) is 8.53. The van der Waals surface area contributed by atoms with Gasteiger partial charge < -0.3 is 11.1 Å². The van der Waals surface area contributed by atoms with Gasteiger partial charge in [0, 0.05) is 6.08 Å². The standard InChI is InChI=1S/C27H33FN2O2/c1-18(11-14-23-20(3)10-7-15-27(23,4)5)8-6-9-19(2)16-25(31)30-24-17-21(28)12-13-22(24)26(29)32/h6,8-9,11-14,16-17H,7,10,15H2,1-5H3,(H2,29,32)(H,30,31). The second-order valence-corrected chi connectivity index (χ2v) is 8.97. The van der Waals surface area contributed by atoms with Gasteiger partial charge in [0.2, 0.25) is 5.91 Å². The van der Waals surface area contributed by atoms with E-state index in [4.69, 9.17) is 5.73 Å². The quantitative estimate of drug-likeness (QED) is 0.384. The van der Waals surface area contributed by atoms with Crippen molar-refractivity contribution in [3.63, 3.8) is 0 Å². The fraction of sp³-hybridized carbons (Fsp3) is 0.333. The summed E-state index contributed by atoms with van der Waals surface area (Å²) in [6, 6.07) is 3.44. The lowest BCUT2D eigenvalue weighted by Gasteiger charge is -2.32. The predicted octanol–water partition coefficient (Wildman–Crippen LogP) is 6.39. The molecule has 1 aliphatic carbocycles. The first-order chi connectivity index (χ1) is 15.0. The van der Waals surface area contributed by atoms with Crippen LogP contribution in [-0.2, 0) is 4.79 Å². The van der Waals surface area contributed by atoms with Gasteiger partial charge >= 0.3 is 0 Å². The van der Waals surface area contributed by atoms with Crippen LogP contribution in [0, 0.1) is 11.2 Å². The predicted molar refractivity (Wildman–Crippen MR) is 130 cm³/mol. The number of rotatable bonds is 7. The molecule has 0 aliphatic heterocycles. The minimum Gasteiger partial charge on any atom is -0.366 e. The summed E-state index contributed by atoms with van der Waals surface area (Å²) in [7, 11) is 0. The molecule has 170 valence electrons. The van der Waals surface area contributed by atoms with Gasteiger partial charge in [-0.25, -0.2) is 4.39 Å². The molecule has 0 bridgehead atoms. The molecule has 0 fully saturated rings. The van der Waals surface area contributed by atoms with Crippen LogP contribution in [0.2, 0.25) is 0 Å². The number of anilines is 1. The number of amides is 2. The summed E-state index contributed by atoms with van der Waals surface area (Å²) >= 11 is 0. The highest BCUT2D eigenvalue weighted by molar-refractivity contribution is 6.06. The zero-order chi connectivity index (χ0) is 23.9. The second-order valence-electron chi connectivity index (χ2n) is 8.97. The number of carbonyl (C=O) groups excluding carboxylic acids is 2. The van der Waals surface area contributed by atoms with Gasteiger partial charge in [-0.2, -0.15) is 0 Å². The Morgan fingerprint density at radius 2 is 1.88 bits per heavy atom. The Morgan fingerprint density at radius 3 is 2.53 bits per heavy atom. The number of carbonyl (C=O) groups is 2. The van der Waals surface area contributed by atoms with Gasteiger partial charge in [0.05, 0.1) is 11.3 Å². The maximum absolute atomic E-state index is 13.5. The monoisotopic (exact) mass is 436 g/mol. The zero-order valence-corrected chi connectivity index (χ0v) is 19.6. The zero-order valence-electron chi connectivity index (χ0n) is 19.6. The number of benzene rings is 1. The maximum atomic E-state index is 13.5. The molecule has 0 aromatic heterocycles. The molecule has 2 amide bonds. The van der Waals surface area contributed by atoms with Gasteiger partial charge in [-0.1, -0.05) is 55.4 Å². The number of primary amides is 1. The topological polar surface area (TPSA) is 72.2 Å². The third kappa shape index (κ3) is 7.19. The summed E-state index contributed by atoms with van der Waals surface area (Å²) < 4.78 is 13.5. The average molecular weight is 437 g/mol. The van der Waals surface area contributed by atoms with Gasteiger partial charge in [0.1, 0.15) is 5.82 Å². The second kappa shape index (κ2) is 10.9. The van der Waals surface area contributed by atoms with Gasteiger partial charge in [-0.05, 0) is 74.8 Å². The van der Waals surface area contributed by atoms with Crippen molar-refractivity contribution < 1.29 is 14.0 Å². The molecule has 32 heavy (non-hydrogen) atoms. The molecule has 1 aliphatic rings. The van der Waals surface area contributed by atoms with Crippen molar-refractivity contribution in [1.82, 2.24) is 0 Å². The van der Waals surface area contributed by atoms with Crippen LogP contribution in [-0.4, -0.2) is 11.8 Å². The Labute approximate surface area is 190 Å². The number of allylic oxidation sites excluding steroid dienone is 9. The lowest BCUT2D eigenvalue weighted by Crippen LogP contribution is -2.19. The highest BCUT2D eigenvalue weighted by Crippen LogP contribution is 2.40. The molecule has 0 saturated heterocycles. The van der Waals surface area contributed by atoms with E-state index in [9.17, 15) is 14.0 Å². The molecule has 3 N–H and O–H groups in total. The van der Waals surface area contributed by atoms with E-state index in [0.717, 1.165) is 24.1 Å². The number of halogens is 1. The molecule has 0 radical (unpaired) electrons. The van der Waals surface area contributed by atoms with E-state index in [1.807, 2.05) is 25.2 Å². The van der Waals surface area contributed by atoms with Gasteiger partial charge in [0.25, 0.3) is 5.91 Å². The van der Waals surface area contributed by atoms with E-state index < -0.39 is 17.6 Å². The van der Waals surface area contributed by atoms with Crippen LogP contribution in [0.15, 0.2) is 76.9 Å². The van der Waals surface area contributed by atoms with Crippen LogP contribution in [0.25, 0.3) is 0 Å². The highest BCUT2D eigenvalue weighted by Gasteiger charge is 2.26. The van der Waals surface area contributed by atoms with Crippen molar-refractivity contribution in [2.75, 3.05) is 5.32 Å². The van der Waals surface area contributed by atoms with Crippen molar-refractivity contribution in [2.24, 2.45) is 11.1 Å². The normalized spacial score (nSPS) is 17.3. The summed E-state index contributed by atoms with van der Waals surface area (Å²) in [5, 5.41) is 2.51. The minimum atomic E-state index is -0.739. The highest BCUT2D eigenvalue weighted by atomic mass is 19.1. The Hall–Kier alpha value is -3.21. The average Bonchev–Trinajstić information content (AvgIpc) is 2.66. The maximum Gasteiger partial charge on any atom is 0.250 e. The Balaban J connectivity index is 2.04. The smallest absolute Gasteiger partial charge is 0.250 e. The fourth-order valence-electron chi connectivity index (χ4n) is 3.89. The van der Waals surface area contributed by atoms with Crippen molar-refractivity contribution in [3.05, 3.63) is 88.3 Å². The van der Waals surface area contributed by atoms with Crippen LogP contribution in [0.5, 0.6) is 0 Å².